The van der Waals surface area contributed by atoms with E-state index in [4.69, 9.17) is 11.1 Å². The van der Waals surface area contributed by atoms with Gasteiger partial charge >= 0.3 is 0 Å². The van der Waals surface area contributed by atoms with E-state index in [0.717, 1.165) is 0 Å². The summed E-state index contributed by atoms with van der Waals surface area (Å²) < 4.78 is 0. The minimum Gasteiger partial charge on any atom is -0.388 e. The number of carbonyl (C=O) groups excluding carboxylic acids is 4. The van der Waals surface area contributed by atoms with E-state index in [0.29, 0.717) is 58.3 Å². The Balaban J connectivity index is 1.35. The van der Waals surface area contributed by atoms with E-state index >= 15 is 0 Å². The van der Waals surface area contributed by atoms with Crippen molar-refractivity contribution in [1.29, 1.82) is 5.41 Å². The first-order valence-corrected chi connectivity index (χ1v) is 11.0. The molecule has 3 fully saturated rings. The van der Waals surface area contributed by atoms with Crippen LogP contribution in [0.4, 0.5) is 0 Å². The predicted octanol–water partition coefficient (Wildman–Crippen LogP) is -4.40. The second kappa shape index (κ2) is 11.2. The van der Waals surface area contributed by atoms with Gasteiger partial charge in [-0.15, -0.1) is 0 Å². The van der Waals surface area contributed by atoms with Crippen LogP contribution in [0.5, 0.6) is 0 Å². The molecule has 4 amide bonds. The molecule has 13 nitrogen and oxygen atoms in total. The van der Waals surface area contributed by atoms with Gasteiger partial charge in [0.2, 0.25) is 24.1 Å². The van der Waals surface area contributed by atoms with Gasteiger partial charge in [-0.05, 0) is 19.3 Å². The van der Waals surface area contributed by atoms with Gasteiger partial charge in [0.25, 0.3) is 0 Å². The molecule has 0 aromatic heterocycles. The minimum atomic E-state index is -0.412. The second-order valence-corrected chi connectivity index (χ2v) is 8.55. The van der Waals surface area contributed by atoms with Gasteiger partial charge in [-0.25, -0.2) is 0 Å². The molecule has 6 atom stereocenters. The van der Waals surface area contributed by atoms with E-state index in [1.165, 1.54) is 0 Å². The van der Waals surface area contributed by atoms with E-state index in [-0.39, 0.29) is 47.7 Å². The van der Waals surface area contributed by atoms with Crippen molar-refractivity contribution in [3.8, 4) is 0 Å². The topological polar surface area (TPSA) is 202 Å². The van der Waals surface area contributed by atoms with E-state index in [9.17, 15) is 19.2 Å². The normalized spacial score (nSPS) is 31.6. The van der Waals surface area contributed by atoms with Crippen LogP contribution in [-0.2, 0) is 19.2 Å². The molecule has 3 heterocycles. The molecule has 3 saturated heterocycles. The van der Waals surface area contributed by atoms with E-state index in [2.05, 4.69) is 37.2 Å². The Morgan fingerprint density at radius 3 is 1.81 bits per heavy atom. The van der Waals surface area contributed by atoms with Gasteiger partial charge in [0.1, 0.15) is 0 Å². The van der Waals surface area contributed by atoms with Gasteiger partial charge in [0, 0.05) is 50.7 Å². The van der Waals surface area contributed by atoms with Crippen LogP contribution in [0.1, 0.15) is 25.7 Å². The summed E-state index contributed by atoms with van der Waals surface area (Å²) in [6.45, 7) is 1.85. The van der Waals surface area contributed by atoms with Crippen molar-refractivity contribution < 1.29 is 19.2 Å². The SMILES string of the molecule is N=C(N)CCNC(=O)[C@H]1C[C@H](NC(=O)[C@H]2C[C@H](NC(=O)[C@H]3C[C@H](NC=O)CN3)CN2)CN1. The van der Waals surface area contributed by atoms with Crippen LogP contribution in [0.2, 0.25) is 0 Å². The van der Waals surface area contributed by atoms with Crippen molar-refractivity contribution in [2.75, 3.05) is 26.2 Å². The third-order valence-corrected chi connectivity index (χ3v) is 6.03. The summed E-state index contributed by atoms with van der Waals surface area (Å²) in [6, 6.07) is -1.53. The molecule has 32 heavy (non-hydrogen) atoms. The lowest BCUT2D eigenvalue weighted by Gasteiger charge is -2.17. The van der Waals surface area contributed by atoms with Crippen LogP contribution in [0.3, 0.4) is 0 Å². The first-order chi connectivity index (χ1) is 15.4. The molecular weight excluding hydrogens is 418 g/mol. The van der Waals surface area contributed by atoms with Crippen LogP contribution in [0.25, 0.3) is 0 Å². The zero-order valence-corrected chi connectivity index (χ0v) is 17.9. The Labute approximate surface area is 186 Å². The van der Waals surface area contributed by atoms with E-state index in [1.54, 1.807) is 0 Å². The number of hydrogen-bond donors (Lipinski definition) is 9. The van der Waals surface area contributed by atoms with Crippen molar-refractivity contribution >= 4 is 30.0 Å². The highest BCUT2D eigenvalue weighted by atomic mass is 16.2. The number of nitrogens with two attached hydrogens (primary N) is 1. The highest BCUT2D eigenvalue weighted by Crippen LogP contribution is 2.12. The van der Waals surface area contributed by atoms with Gasteiger partial charge in [-0.2, -0.15) is 0 Å². The first kappa shape index (κ1) is 23.9. The van der Waals surface area contributed by atoms with Crippen LogP contribution < -0.4 is 43.0 Å². The summed E-state index contributed by atoms with van der Waals surface area (Å²) in [7, 11) is 0. The number of amidine groups is 1. The molecule has 0 aliphatic carbocycles. The zero-order valence-electron chi connectivity index (χ0n) is 17.9. The third-order valence-electron chi connectivity index (χ3n) is 6.03. The van der Waals surface area contributed by atoms with Crippen LogP contribution in [-0.4, -0.2) is 92.4 Å². The molecule has 13 heteroatoms. The average Bonchev–Trinajstić information content (AvgIpc) is 3.49. The lowest BCUT2D eigenvalue weighted by Crippen LogP contribution is -2.46. The number of rotatable bonds is 10. The summed E-state index contributed by atoms with van der Waals surface area (Å²) in [5.41, 5.74) is 5.28. The van der Waals surface area contributed by atoms with Crippen LogP contribution >= 0.6 is 0 Å². The summed E-state index contributed by atoms with van der Waals surface area (Å²) >= 11 is 0. The average molecular weight is 452 g/mol. The van der Waals surface area contributed by atoms with Crippen molar-refractivity contribution in [2.45, 2.75) is 61.9 Å². The molecule has 3 rings (SSSR count). The molecule has 0 radical (unpaired) electrons. The van der Waals surface area contributed by atoms with Crippen molar-refractivity contribution in [3.63, 3.8) is 0 Å². The Bertz CT molecular complexity index is 734. The number of carbonyl (C=O) groups is 4. The number of amides is 4. The fourth-order valence-electron chi connectivity index (χ4n) is 4.30. The maximum absolute atomic E-state index is 12.6. The first-order valence-electron chi connectivity index (χ1n) is 11.0. The summed E-state index contributed by atoms with van der Waals surface area (Å²) in [4.78, 5) is 47.7. The molecule has 3 aliphatic heterocycles. The van der Waals surface area contributed by atoms with Crippen molar-refractivity contribution in [3.05, 3.63) is 0 Å². The zero-order chi connectivity index (χ0) is 23.1. The van der Waals surface area contributed by atoms with E-state index < -0.39 is 12.1 Å². The fourth-order valence-corrected chi connectivity index (χ4v) is 4.30. The Hall–Kier alpha value is -2.77. The molecular formula is C19H33N9O4. The molecule has 178 valence electrons. The molecule has 0 saturated carbocycles. The highest BCUT2D eigenvalue weighted by molar-refractivity contribution is 5.85. The third kappa shape index (κ3) is 6.61. The molecule has 0 aromatic carbocycles. The molecule has 10 N–H and O–H groups in total. The lowest BCUT2D eigenvalue weighted by molar-refractivity contribution is -0.125. The van der Waals surface area contributed by atoms with Gasteiger partial charge in [-0.1, -0.05) is 0 Å². The second-order valence-electron chi connectivity index (χ2n) is 8.55. The fraction of sp³-hybridized carbons (Fsp3) is 0.737. The number of hydrogen-bond acceptors (Lipinski definition) is 8. The van der Waals surface area contributed by atoms with E-state index in [1.807, 2.05) is 0 Å². The Morgan fingerprint density at radius 1 is 0.844 bits per heavy atom. The predicted molar refractivity (Wildman–Crippen MR) is 116 cm³/mol. The van der Waals surface area contributed by atoms with Crippen molar-refractivity contribution in [2.24, 2.45) is 5.73 Å². The molecule has 3 aliphatic rings. The Kier molecular flexibility index (Phi) is 8.36. The van der Waals surface area contributed by atoms with Crippen LogP contribution in [0, 0.1) is 5.41 Å². The summed E-state index contributed by atoms with van der Waals surface area (Å²) in [5.74, 6) is -0.435. The van der Waals surface area contributed by atoms with Gasteiger partial charge in [0.05, 0.1) is 24.0 Å². The quantitative estimate of drug-likeness (QED) is 0.0899. The summed E-state index contributed by atoms with van der Waals surface area (Å²) in [6.07, 6.45) is 2.44. The van der Waals surface area contributed by atoms with Crippen LogP contribution in [0.15, 0.2) is 0 Å². The monoisotopic (exact) mass is 451 g/mol. The lowest BCUT2D eigenvalue weighted by atomic mass is 10.1. The van der Waals surface area contributed by atoms with Gasteiger partial charge in [-0.3, -0.25) is 24.6 Å². The van der Waals surface area contributed by atoms with Crippen molar-refractivity contribution in [1.82, 2.24) is 37.2 Å². The number of nitrogens with one attached hydrogen (secondary N) is 8. The molecule has 0 bridgehead atoms. The summed E-state index contributed by atoms with van der Waals surface area (Å²) in [5, 5.41) is 27.8. The molecule has 0 aromatic rings. The standard InChI is InChI=1S/C19H33N9O4/c20-16(21)1-2-22-17(30)13-4-11(7-24-13)27-19(32)15-5-12(8-25-15)28-18(31)14-3-10(6-23-14)26-9-29/h9-15,23-25H,1-8H2,(H3,20,21)(H,22,30)(H,26,29)(H,27,32)(H,28,31)/t10-,11-,12-,13+,14+,15+/m0/s1. The maximum atomic E-state index is 12.6. The molecule has 0 spiro atoms. The van der Waals surface area contributed by atoms with Gasteiger partial charge < -0.3 is 43.0 Å². The highest BCUT2D eigenvalue weighted by Gasteiger charge is 2.36. The Morgan fingerprint density at radius 2 is 1.31 bits per heavy atom. The largest absolute Gasteiger partial charge is 0.388 e. The maximum Gasteiger partial charge on any atom is 0.237 e. The smallest absolute Gasteiger partial charge is 0.237 e. The van der Waals surface area contributed by atoms with Gasteiger partial charge in [0.15, 0.2) is 0 Å². The minimum absolute atomic E-state index is 0.0204. The molecule has 0 unspecified atom stereocenters.